The Labute approximate surface area is 233 Å². The first-order valence-corrected chi connectivity index (χ1v) is 17.1. The van der Waals surface area contributed by atoms with Crippen LogP contribution in [0, 0.1) is 8.99 Å². The summed E-state index contributed by atoms with van der Waals surface area (Å²) >= 11 is 2.44. The number of aliphatic hydroxyl groups excluding tert-OH is 1. The van der Waals surface area contributed by atoms with Crippen molar-refractivity contribution >= 4 is 30.9 Å². The summed E-state index contributed by atoms with van der Waals surface area (Å²) in [6, 6.07) is 0. The second kappa shape index (κ2) is 10.0. The van der Waals surface area contributed by atoms with E-state index >= 15 is 0 Å². The number of aliphatic hydroxyl groups is 1. The molecule has 2 aromatic heterocycles. The van der Waals surface area contributed by atoms with Crippen LogP contribution in [0.1, 0.15) is 128 Å². The van der Waals surface area contributed by atoms with E-state index in [-0.39, 0.29) is 27.9 Å². The topological polar surface area (TPSA) is 68.1 Å². The second-order valence-electron chi connectivity index (χ2n) is 14.1. The highest BCUT2D eigenvalue weighted by atomic mass is 127. The molecule has 3 rings (SSSR count). The van der Waals surface area contributed by atoms with Crippen LogP contribution in [0.3, 0.4) is 0 Å². The van der Waals surface area contributed by atoms with Crippen LogP contribution in [0.25, 0.3) is 0 Å². The molecule has 0 aromatic carbocycles. The number of rotatable bonds is 5. The fourth-order valence-electron chi connectivity index (χ4n) is 4.61. The number of halogens is 1. The molecule has 2 heterocycles. The molecular weight excluding hydrogens is 577 g/mol. The Morgan fingerprint density at radius 2 is 1.64 bits per heavy atom. The summed E-state index contributed by atoms with van der Waals surface area (Å²) in [6.07, 6.45) is 4.52. The highest BCUT2D eigenvalue weighted by Crippen LogP contribution is 2.50. The summed E-state index contributed by atoms with van der Waals surface area (Å²) in [5, 5.41) is 11.8. The van der Waals surface area contributed by atoms with E-state index in [0.717, 1.165) is 39.2 Å². The summed E-state index contributed by atoms with van der Waals surface area (Å²) in [7, 11) is -2.03. The molecule has 0 amide bonds. The molecule has 0 aliphatic heterocycles. The normalized spacial score (nSPS) is 19.4. The molecule has 0 radical (unpaired) electrons. The van der Waals surface area contributed by atoms with Crippen LogP contribution in [0.2, 0.25) is 18.1 Å². The number of nitrogens with zero attached hydrogens (tertiary/aromatic N) is 3. The zero-order valence-corrected chi connectivity index (χ0v) is 27.5. The molecular formula is C29H46IN3O2Si. The fraction of sp³-hybridized carbons (Fsp3) is 0.690. The molecule has 2 aromatic rings. The molecule has 0 fully saturated rings. The van der Waals surface area contributed by atoms with Crippen molar-refractivity contribution in [1.29, 1.82) is 0 Å². The van der Waals surface area contributed by atoms with E-state index < -0.39 is 14.4 Å². The van der Waals surface area contributed by atoms with Crippen LogP contribution in [0.15, 0.2) is 12.4 Å². The average Bonchev–Trinajstić information content (AvgIpc) is 2.70. The summed E-state index contributed by atoms with van der Waals surface area (Å²) in [5.74, 6) is 0.943. The van der Waals surface area contributed by atoms with Gasteiger partial charge in [0.15, 0.2) is 8.32 Å². The standard InChI is InChI=1S/C29H46IN3O2Si/c1-17(2)24-22(25(34)18-15-31-26(32-16-18)27(3,4)5)23(30)21-19(33-24)13-29(9,10)14-20(21)35-36(11,12)28(6,7)8/h15-17,20,25,34H,13-14H2,1-12H3/t20-,25?/m1/s1. The number of aromatic nitrogens is 3. The van der Waals surface area contributed by atoms with E-state index in [9.17, 15) is 5.11 Å². The Hall–Kier alpha value is -0.903. The molecule has 1 aliphatic rings. The van der Waals surface area contributed by atoms with Crippen LogP contribution in [0.5, 0.6) is 0 Å². The first-order chi connectivity index (χ1) is 16.2. The molecule has 0 spiro atoms. The lowest BCUT2D eigenvalue weighted by Gasteiger charge is -2.44. The molecule has 1 aliphatic carbocycles. The van der Waals surface area contributed by atoms with Gasteiger partial charge >= 0.3 is 0 Å². The van der Waals surface area contributed by atoms with Gasteiger partial charge in [0.1, 0.15) is 11.9 Å². The van der Waals surface area contributed by atoms with Crippen molar-refractivity contribution in [2.45, 2.75) is 124 Å². The third-order valence-electron chi connectivity index (χ3n) is 7.74. The Balaban J connectivity index is 2.18. The van der Waals surface area contributed by atoms with Crippen LogP contribution in [-0.4, -0.2) is 28.4 Å². The van der Waals surface area contributed by atoms with Crippen LogP contribution in [0.4, 0.5) is 0 Å². The largest absolute Gasteiger partial charge is 0.410 e. The maximum absolute atomic E-state index is 11.7. The van der Waals surface area contributed by atoms with Gasteiger partial charge in [0.2, 0.25) is 0 Å². The van der Waals surface area contributed by atoms with Crippen molar-refractivity contribution in [3.63, 3.8) is 0 Å². The van der Waals surface area contributed by atoms with E-state index in [1.165, 1.54) is 5.56 Å². The van der Waals surface area contributed by atoms with Gasteiger partial charge in [-0.3, -0.25) is 4.98 Å². The maximum Gasteiger partial charge on any atom is 0.192 e. The number of pyridine rings is 1. The predicted molar refractivity (Wildman–Crippen MR) is 159 cm³/mol. The summed E-state index contributed by atoms with van der Waals surface area (Å²) in [6.45, 7) is 26.7. The van der Waals surface area contributed by atoms with E-state index in [0.29, 0.717) is 5.56 Å². The quantitative estimate of drug-likeness (QED) is 0.270. The van der Waals surface area contributed by atoms with Crippen molar-refractivity contribution in [3.05, 3.63) is 49.9 Å². The van der Waals surface area contributed by atoms with Gasteiger partial charge in [-0.25, -0.2) is 9.97 Å². The molecule has 7 heteroatoms. The minimum atomic E-state index is -2.03. The summed E-state index contributed by atoms with van der Waals surface area (Å²) in [4.78, 5) is 14.4. The fourth-order valence-corrected chi connectivity index (χ4v) is 7.10. The molecule has 1 N–H and O–H groups in total. The smallest absolute Gasteiger partial charge is 0.192 e. The minimum absolute atomic E-state index is 0.0317. The van der Waals surface area contributed by atoms with Crippen molar-refractivity contribution < 1.29 is 9.53 Å². The highest BCUT2D eigenvalue weighted by Gasteiger charge is 2.44. The summed E-state index contributed by atoms with van der Waals surface area (Å²) < 4.78 is 8.14. The van der Waals surface area contributed by atoms with Gasteiger partial charge in [-0.2, -0.15) is 0 Å². The number of hydrogen-bond donors (Lipinski definition) is 1. The molecule has 0 saturated carbocycles. The minimum Gasteiger partial charge on any atom is -0.410 e. The van der Waals surface area contributed by atoms with E-state index in [4.69, 9.17) is 9.41 Å². The Morgan fingerprint density at radius 1 is 1.08 bits per heavy atom. The molecule has 36 heavy (non-hydrogen) atoms. The van der Waals surface area contributed by atoms with Gasteiger partial charge in [0.25, 0.3) is 0 Å². The number of fused-ring (bicyclic) bond motifs is 1. The lowest BCUT2D eigenvalue weighted by molar-refractivity contribution is 0.104. The molecule has 1 unspecified atom stereocenters. The van der Waals surface area contributed by atoms with Crippen LogP contribution in [-0.2, 0) is 16.3 Å². The van der Waals surface area contributed by atoms with Crippen molar-refractivity contribution in [1.82, 2.24) is 15.0 Å². The van der Waals surface area contributed by atoms with E-state index in [1.807, 2.05) is 0 Å². The lowest BCUT2D eigenvalue weighted by Crippen LogP contribution is -2.44. The number of hydrogen-bond acceptors (Lipinski definition) is 5. The first kappa shape index (κ1) is 29.6. The lowest BCUT2D eigenvalue weighted by atomic mass is 9.74. The molecule has 200 valence electrons. The van der Waals surface area contributed by atoms with Crippen molar-refractivity contribution in [2.24, 2.45) is 5.41 Å². The van der Waals surface area contributed by atoms with Crippen molar-refractivity contribution in [2.75, 3.05) is 0 Å². The molecule has 0 saturated heterocycles. The predicted octanol–water partition coefficient (Wildman–Crippen LogP) is 8.01. The summed E-state index contributed by atoms with van der Waals surface area (Å²) in [5.41, 5.74) is 4.78. The van der Waals surface area contributed by atoms with Gasteiger partial charge in [-0.15, -0.1) is 0 Å². The molecule has 2 atom stereocenters. The van der Waals surface area contributed by atoms with Gasteiger partial charge in [0, 0.05) is 43.8 Å². The van der Waals surface area contributed by atoms with E-state index in [2.05, 4.69) is 115 Å². The van der Waals surface area contributed by atoms with Gasteiger partial charge < -0.3 is 9.53 Å². The van der Waals surface area contributed by atoms with Gasteiger partial charge in [0.05, 0.1) is 11.8 Å². The Kier molecular flexibility index (Phi) is 8.24. The Bertz CT molecular complexity index is 1100. The van der Waals surface area contributed by atoms with Crippen molar-refractivity contribution in [3.8, 4) is 0 Å². The zero-order chi connectivity index (χ0) is 27.4. The molecule has 5 nitrogen and oxygen atoms in total. The van der Waals surface area contributed by atoms with Gasteiger partial charge in [-0.1, -0.05) is 69.2 Å². The van der Waals surface area contributed by atoms with Crippen LogP contribution >= 0.6 is 22.6 Å². The van der Waals surface area contributed by atoms with E-state index in [1.54, 1.807) is 12.4 Å². The highest BCUT2D eigenvalue weighted by molar-refractivity contribution is 14.1. The molecule has 0 bridgehead atoms. The second-order valence-corrected chi connectivity index (χ2v) is 20.0. The third kappa shape index (κ3) is 6.05. The SMILES string of the molecule is CC(C)c1nc2c(c(I)c1C(O)c1cnc(C(C)(C)C)nc1)[C@H](O[Si](C)(C)C(C)(C)C)CC(C)(C)C2. The Morgan fingerprint density at radius 3 is 2.11 bits per heavy atom. The van der Waals surface area contributed by atoms with Gasteiger partial charge in [-0.05, 0) is 64.9 Å². The van der Waals surface area contributed by atoms with Crippen LogP contribution < -0.4 is 0 Å². The first-order valence-electron chi connectivity index (χ1n) is 13.2. The zero-order valence-electron chi connectivity index (χ0n) is 24.4. The maximum atomic E-state index is 11.7. The average molecular weight is 624 g/mol. The third-order valence-corrected chi connectivity index (χ3v) is 13.4. The monoisotopic (exact) mass is 623 g/mol.